The van der Waals surface area contributed by atoms with E-state index in [1.165, 1.54) is 6.07 Å². The number of pyridine rings is 1. The standard InChI is InChI=1S/C26H26ClFN8O/c1-33(2)24(37)13-34-11-16-7-18(27)3-5-21(16)36-23(12-34)31-32-25(36)17-8-26(9-17)14-35(15-26)22-6-4-19(28)20(10-29)30-22/h3-7,17H,8-9,11-15H2,1-2H3. The molecule has 37 heavy (non-hydrogen) atoms. The van der Waals surface area contributed by atoms with E-state index in [4.69, 9.17) is 16.9 Å². The van der Waals surface area contributed by atoms with Gasteiger partial charge in [0.1, 0.15) is 17.7 Å². The summed E-state index contributed by atoms with van der Waals surface area (Å²) in [6.07, 6.45) is 1.94. The van der Waals surface area contributed by atoms with Crippen LogP contribution in [0.15, 0.2) is 30.3 Å². The average molecular weight is 521 g/mol. The largest absolute Gasteiger partial charge is 0.355 e. The van der Waals surface area contributed by atoms with Gasteiger partial charge in [-0.3, -0.25) is 14.3 Å². The number of likely N-dealkylation sites (N-methyl/N-ethyl adjacent to an activating group) is 1. The van der Waals surface area contributed by atoms with Crippen molar-refractivity contribution in [3.8, 4) is 11.8 Å². The number of fused-ring (bicyclic) bond motifs is 3. The number of aromatic nitrogens is 4. The van der Waals surface area contributed by atoms with Gasteiger partial charge in [-0.25, -0.2) is 9.37 Å². The fraction of sp³-hybridized carbons (Fsp3) is 0.423. The van der Waals surface area contributed by atoms with Crippen molar-refractivity contribution in [2.45, 2.75) is 31.8 Å². The highest BCUT2D eigenvalue weighted by Gasteiger charge is 2.54. The van der Waals surface area contributed by atoms with E-state index in [0.717, 1.165) is 48.8 Å². The summed E-state index contributed by atoms with van der Waals surface area (Å²) >= 11 is 6.35. The van der Waals surface area contributed by atoms with E-state index in [1.807, 2.05) is 24.3 Å². The molecule has 1 amide bonds. The molecule has 0 N–H and O–H groups in total. The molecule has 1 saturated carbocycles. The Morgan fingerprint density at radius 3 is 2.73 bits per heavy atom. The highest BCUT2D eigenvalue weighted by molar-refractivity contribution is 6.30. The van der Waals surface area contributed by atoms with Crippen LogP contribution in [0.2, 0.25) is 5.02 Å². The molecule has 2 fully saturated rings. The molecule has 1 spiro atoms. The molecule has 0 radical (unpaired) electrons. The minimum absolute atomic E-state index is 0.0322. The van der Waals surface area contributed by atoms with Crippen molar-refractivity contribution in [1.82, 2.24) is 29.5 Å². The predicted octanol–water partition coefficient (Wildman–Crippen LogP) is 3.11. The molecule has 9 nitrogen and oxygen atoms in total. The lowest BCUT2D eigenvalue weighted by atomic mass is 9.57. The summed E-state index contributed by atoms with van der Waals surface area (Å²) in [5.74, 6) is 2.10. The van der Waals surface area contributed by atoms with E-state index in [9.17, 15) is 9.18 Å². The van der Waals surface area contributed by atoms with Crippen LogP contribution in [0.1, 0.15) is 41.7 Å². The molecule has 1 aromatic carbocycles. The van der Waals surface area contributed by atoms with Gasteiger partial charge in [0.25, 0.3) is 0 Å². The van der Waals surface area contributed by atoms with Crippen molar-refractivity contribution < 1.29 is 9.18 Å². The maximum atomic E-state index is 13.7. The second-order valence-electron chi connectivity index (χ2n) is 10.6. The number of nitriles is 1. The normalized spacial score (nSPS) is 18.3. The number of anilines is 1. The van der Waals surface area contributed by atoms with E-state index < -0.39 is 5.82 Å². The van der Waals surface area contributed by atoms with E-state index in [1.54, 1.807) is 25.1 Å². The Labute approximate surface area is 219 Å². The number of halogens is 2. The lowest BCUT2D eigenvalue weighted by molar-refractivity contribution is -0.130. The summed E-state index contributed by atoms with van der Waals surface area (Å²) in [6, 6.07) is 10.6. The number of nitrogens with zero attached hydrogens (tertiary/aromatic N) is 8. The van der Waals surface area contributed by atoms with Gasteiger partial charge >= 0.3 is 0 Å². The number of carbonyl (C=O) groups excluding carboxylic acids is 1. The van der Waals surface area contributed by atoms with Gasteiger partial charge in [-0.1, -0.05) is 11.6 Å². The first kappa shape index (κ1) is 23.8. The third kappa shape index (κ3) is 4.12. The van der Waals surface area contributed by atoms with Crippen LogP contribution in [0.25, 0.3) is 5.69 Å². The second-order valence-corrected chi connectivity index (χ2v) is 11.0. The highest BCUT2D eigenvalue weighted by Crippen LogP contribution is 2.56. The molecule has 6 rings (SSSR count). The third-order valence-electron chi connectivity index (χ3n) is 7.69. The Hall–Kier alpha value is -3.55. The molecule has 1 aliphatic carbocycles. The van der Waals surface area contributed by atoms with E-state index in [-0.39, 0.29) is 29.5 Å². The molecule has 4 heterocycles. The van der Waals surface area contributed by atoms with Gasteiger partial charge in [-0.15, -0.1) is 10.2 Å². The molecule has 0 bridgehead atoms. The Bertz CT molecular complexity index is 1430. The molecular formula is C26H26ClFN8O. The van der Waals surface area contributed by atoms with Crippen molar-refractivity contribution >= 4 is 23.3 Å². The van der Waals surface area contributed by atoms with Gasteiger partial charge in [-0.05, 0) is 48.7 Å². The molecular weight excluding hydrogens is 495 g/mol. The number of rotatable bonds is 4. The lowest BCUT2D eigenvalue weighted by Gasteiger charge is -2.59. The zero-order valence-electron chi connectivity index (χ0n) is 20.7. The summed E-state index contributed by atoms with van der Waals surface area (Å²) in [5, 5.41) is 18.9. The predicted molar refractivity (Wildman–Crippen MR) is 135 cm³/mol. The summed E-state index contributed by atoms with van der Waals surface area (Å²) < 4.78 is 15.8. The van der Waals surface area contributed by atoms with Crippen LogP contribution >= 0.6 is 11.6 Å². The first-order valence-electron chi connectivity index (χ1n) is 12.2. The van der Waals surface area contributed by atoms with E-state index >= 15 is 0 Å². The summed E-state index contributed by atoms with van der Waals surface area (Å²) in [4.78, 5) is 22.4. The van der Waals surface area contributed by atoms with Crippen LogP contribution in [-0.4, -0.2) is 69.2 Å². The summed E-state index contributed by atoms with van der Waals surface area (Å²) in [7, 11) is 3.52. The van der Waals surface area contributed by atoms with Crippen molar-refractivity contribution in [2.75, 3.05) is 38.6 Å². The first-order valence-corrected chi connectivity index (χ1v) is 12.6. The molecule has 3 aliphatic rings. The SMILES string of the molecule is CN(C)C(=O)CN1Cc2cc(Cl)ccc2-n2c(nnc2C2CC3(C2)CN(c2ccc(F)c(C#N)n2)C3)C1. The maximum absolute atomic E-state index is 13.7. The Kier molecular flexibility index (Phi) is 5.66. The van der Waals surface area contributed by atoms with Crippen molar-refractivity contribution in [2.24, 2.45) is 5.41 Å². The fourth-order valence-electron chi connectivity index (χ4n) is 5.84. The number of hydrogen-bond acceptors (Lipinski definition) is 7. The Morgan fingerprint density at radius 2 is 2.00 bits per heavy atom. The van der Waals surface area contributed by atoms with Crippen LogP contribution in [0, 0.1) is 22.6 Å². The van der Waals surface area contributed by atoms with Gasteiger partial charge in [0.15, 0.2) is 17.3 Å². The van der Waals surface area contributed by atoms with Gasteiger partial charge in [0.2, 0.25) is 5.91 Å². The van der Waals surface area contributed by atoms with Crippen LogP contribution in [0.3, 0.4) is 0 Å². The molecule has 3 aromatic rings. The monoisotopic (exact) mass is 520 g/mol. The number of amides is 1. The number of benzene rings is 1. The average Bonchev–Trinajstić information content (AvgIpc) is 3.14. The van der Waals surface area contributed by atoms with Crippen LogP contribution < -0.4 is 4.90 Å². The van der Waals surface area contributed by atoms with Gasteiger partial charge in [0, 0.05) is 50.1 Å². The topological polar surface area (TPSA) is 94.2 Å². The molecule has 1 saturated heterocycles. The van der Waals surface area contributed by atoms with Crippen LogP contribution in [0.5, 0.6) is 0 Å². The minimum atomic E-state index is -0.594. The quantitative estimate of drug-likeness (QED) is 0.521. The molecule has 190 valence electrons. The third-order valence-corrected chi connectivity index (χ3v) is 7.93. The Balaban J connectivity index is 1.22. The molecule has 2 aromatic heterocycles. The van der Waals surface area contributed by atoms with Gasteiger partial charge in [0.05, 0.1) is 18.8 Å². The van der Waals surface area contributed by atoms with Gasteiger partial charge < -0.3 is 9.80 Å². The number of hydrogen-bond donors (Lipinski definition) is 0. The summed E-state index contributed by atoms with van der Waals surface area (Å²) in [5.41, 5.74) is 2.04. The Morgan fingerprint density at radius 1 is 1.22 bits per heavy atom. The fourth-order valence-corrected chi connectivity index (χ4v) is 6.03. The second kappa shape index (κ2) is 8.78. The first-order chi connectivity index (χ1) is 17.7. The minimum Gasteiger partial charge on any atom is -0.355 e. The molecule has 0 atom stereocenters. The van der Waals surface area contributed by atoms with E-state index in [0.29, 0.717) is 23.9 Å². The van der Waals surface area contributed by atoms with Crippen molar-refractivity contribution in [3.05, 3.63) is 64.1 Å². The highest BCUT2D eigenvalue weighted by atomic mass is 35.5. The van der Waals surface area contributed by atoms with E-state index in [2.05, 4.69) is 29.5 Å². The van der Waals surface area contributed by atoms with Crippen molar-refractivity contribution in [3.63, 3.8) is 0 Å². The smallest absolute Gasteiger partial charge is 0.236 e. The summed E-state index contributed by atoms with van der Waals surface area (Å²) in [6.45, 7) is 3.04. The molecule has 0 unspecified atom stereocenters. The zero-order valence-corrected chi connectivity index (χ0v) is 21.4. The van der Waals surface area contributed by atoms with Crippen LogP contribution in [0.4, 0.5) is 10.2 Å². The van der Waals surface area contributed by atoms with Crippen LogP contribution in [-0.2, 0) is 17.9 Å². The number of carbonyl (C=O) groups is 1. The molecule has 11 heteroatoms. The zero-order chi connectivity index (χ0) is 25.9. The lowest BCUT2D eigenvalue weighted by Crippen LogP contribution is -2.62. The van der Waals surface area contributed by atoms with Crippen molar-refractivity contribution in [1.29, 1.82) is 5.26 Å². The maximum Gasteiger partial charge on any atom is 0.236 e. The molecule has 2 aliphatic heterocycles. The van der Waals surface area contributed by atoms with Gasteiger partial charge in [-0.2, -0.15) is 5.26 Å².